The van der Waals surface area contributed by atoms with E-state index in [9.17, 15) is 0 Å². The second kappa shape index (κ2) is 9.23. The maximum Gasteiger partial charge on any atom is 0.0780 e. The summed E-state index contributed by atoms with van der Waals surface area (Å²) in [7, 11) is 0. The molecule has 0 radical (unpaired) electrons. The standard InChI is InChI=1S/C44H36N2/c1-25-26(2)38-34-20-18-30(32-16-8-12-28-14-10-22-46-42(28)32)24-36(34)44(5,6)40(38)39-37(25)33-19-17-29(23-35(33)43(39,3)4)31-15-7-11-27-13-9-21-45-41(27)31/h7-24H,1-6H3. The Morgan fingerprint density at radius 1 is 0.457 bits per heavy atom. The summed E-state index contributed by atoms with van der Waals surface area (Å²) in [4.78, 5) is 9.57. The van der Waals surface area contributed by atoms with E-state index in [0.29, 0.717) is 0 Å². The molecule has 0 atom stereocenters. The number of benzene rings is 5. The summed E-state index contributed by atoms with van der Waals surface area (Å²) in [6.45, 7) is 14.4. The van der Waals surface area contributed by atoms with E-state index in [-0.39, 0.29) is 10.8 Å². The van der Waals surface area contributed by atoms with Crippen LogP contribution in [0.5, 0.6) is 0 Å². The van der Waals surface area contributed by atoms with Gasteiger partial charge in [0.05, 0.1) is 11.0 Å². The molecule has 0 fully saturated rings. The zero-order valence-electron chi connectivity index (χ0n) is 27.3. The molecule has 0 aliphatic heterocycles. The Hall–Kier alpha value is -5.08. The van der Waals surface area contributed by atoms with Gasteiger partial charge < -0.3 is 0 Å². The van der Waals surface area contributed by atoms with E-state index >= 15 is 0 Å². The normalized spacial score (nSPS) is 15.1. The third kappa shape index (κ3) is 3.47. The first kappa shape index (κ1) is 27.2. The van der Waals surface area contributed by atoms with Crippen LogP contribution < -0.4 is 0 Å². The van der Waals surface area contributed by atoms with Gasteiger partial charge in [-0.1, -0.05) is 100 Å². The molecule has 46 heavy (non-hydrogen) atoms. The van der Waals surface area contributed by atoms with Gasteiger partial charge in [-0.3, -0.25) is 9.97 Å². The van der Waals surface area contributed by atoms with Crippen molar-refractivity contribution < 1.29 is 0 Å². The minimum atomic E-state index is -0.164. The lowest BCUT2D eigenvalue weighted by molar-refractivity contribution is 0.601. The Bertz CT molecular complexity index is 2260. The molecule has 0 N–H and O–H groups in total. The molecule has 2 nitrogen and oxygen atoms in total. The lowest BCUT2D eigenvalue weighted by Gasteiger charge is -2.32. The number of hydrogen-bond acceptors (Lipinski definition) is 2. The van der Waals surface area contributed by atoms with Crippen molar-refractivity contribution in [2.75, 3.05) is 0 Å². The molecular formula is C44H36N2. The molecule has 7 aromatic rings. The van der Waals surface area contributed by atoms with Crippen LogP contribution in [-0.4, -0.2) is 9.97 Å². The number of aromatic nitrogens is 2. The molecule has 0 saturated heterocycles. The summed E-state index contributed by atoms with van der Waals surface area (Å²) in [5.74, 6) is 0. The van der Waals surface area contributed by atoms with Crippen molar-refractivity contribution in [3.63, 3.8) is 0 Å². The smallest absolute Gasteiger partial charge is 0.0780 e. The molecule has 2 aliphatic carbocycles. The van der Waals surface area contributed by atoms with Gasteiger partial charge in [0.15, 0.2) is 0 Å². The Morgan fingerprint density at radius 3 is 1.30 bits per heavy atom. The highest BCUT2D eigenvalue weighted by Crippen LogP contribution is 2.61. The fourth-order valence-corrected chi connectivity index (χ4v) is 8.76. The topological polar surface area (TPSA) is 25.8 Å². The van der Waals surface area contributed by atoms with Crippen molar-refractivity contribution in [1.29, 1.82) is 0 Å². The van der Waals surface area contributed by atoms with E-state index in [2.05, 4.69) is 126 Å². The highest BCUT2D eigenvalue weighted by atomic mass is 14.7. The van der Waals surface area contributed by atoms with Gasteiger partial charge in [-0.2, -0.15) is 0 Å². The monoisotopic (exact) mass is 592 g/mol. The molecular weight excluding hydrogens is 556 g/mol. The Morgan fingerprint density at radius 2 is 0.870 bits per heavy atom. The molecule has 2 heteroatoms. The van der Waals surface area contributed by atoms with Gasteiger partial charge in [-0.25, -0.2) is 0 Å². The average molecular weight is 593 g/mol. The SMILES string of the molecule is Cc1c(C)c2c(c3c1-c1ccc(-c4cccc5cccnc45)cc1C3(C)C)C(C)(C)c1cc(-c3cccc4cccnc34)ccc1-2. The summed E-state index contributed by atoms with van der Waals surface area (Å²) in [5.41, 5.74) is 20.8. The van der Waals surface area contributed by atoms with Crippen molar-refractivity contribution >= 4 is 21.8 Å². The number of rotatable bonds is 2. The lowest BCUT2D eigenvalue weighted by atomic mass is 9.71. The van der Waals surface area contributed by atoms with Crippen LogP contribution in [0, 0.1) is 13.8 Å². The first-order chi connectivity index (χ1) is 22.2. The van der Waals surface area contributed by atoms with Gasteiger partial charge in [0.1, 0.15) is 0 Å². The van der Waals surface area contributed by atoms with Gasteiger partial charge in [0, 0.05) is 45.1 Å². The second-order valence-electron chi connectivity index (χ2n) is 14.3. The van der Waals surface area contributed by atoms with Gasteiger partial charge in [-0.15, -0.1) is 0 Å². The second-order valence-corrected chi connectivity index (χ2v) is 14.3. The van der Waals surface area contributed by atoms with Crippen molar-refractivity contribution in [2.24, 2.45) is 0 Å². The van der Waals surface area contributed by atoms with Crippen LogP contribution in [0.1, 0.15) is 61.1 Å². The summed E-state index contributed by atoms with van der Waals surface area (Å²) >= 11 is 0. The third-order valence-electron chi connectivity index (χ3n) is 11.1. The van der Waals surface area contributed by atoms with Crippen molar-refractivity contribution in [2.45, 2.75) is 52.4 Å². The zero-order chi connectivity index (χ0) is 31.5. The molecule has 2 heterocycles. The molecule has 5 aromatic carbocycles. The van der Waals surface area contributed by atoms with Crippen LogP contribution in [0.25, 0.3) is 66.3 Å². The summed E-state index contributed by atoms with van der Waals surface area (Å²) < 4.78 is 0. The third-order valence-corrected chi connectivity index (χ3v) is 11.1. The number of fused-ring (bicyclic) bond motifs is 9. The molecule has 0 spiro atoms. The van der Waals surface area contributed by atoms with Gasteiger partial charge in [0.25, 0.3) is 0 Å². The van der Waals surface area contributed by atoms with Crippen LogP contribution in [0.3, 0.4) is 0 Å². The minimum Gasteiger partial charge on any atom is -0.256 e. The van der Waals surface area contributed by atoms with Crippen LogP contribution in [-0.2, 0) is 10.8 Å². The van der Waals surface area contributed by atoms with E-state index in [1.807, 2.05) is 24.5 Å². The van der Waals surface area contributed by atoms with Crippen LogP contribution in [0.4, 0.5) is 0 Å². The maximum absolute atomic E-state index is 4.78. The Kier molecular flexibility index (Phi) is 5.47. The summed E-state index contributed by atoms with van der Waals surface area (Å²) in [6, 6.07) is 35.6. The van der Waals surface area contributed by atoms with Gasteiger partial charge >= 0.3 is 0 Å². The molecule has 0 unspecified atom stereocenters. The molecule has 0 saturated carbocycles. The molecule has 9 rings (SSSR count). The number of pyridine rings is 2. The minimum absolute atomic E-state index is 0.164. The average Bonchev–Trinajstić information content (AvgIpc) is 3.45. The van der Waals surface area contributed by atoms with E-state index < -0.39 is 0 Å². The fraction of sp³-hybridized carbons (Fsp3) is 0.182. The molecule has 0 bridgehead atoms. The molecule has 2 aliphatic rings. The molecule has 0 amide bonds. The predicted molar refractivity (Wildman–Crippen MR) is 193 cm³/mol. The van der Waals surface area contributed by atoms with Crippen LogP contribution in [0.2, 0.25) is 0 Å². The van der Waals surface area contributed by atoms with Gasteiger partial charge in [-0.05, 0) is 105 Å². The zero-order valence-corrected chi connectivity index (χ0v) is 27.3. The molecule has 2 aromatic heterocycles. The fourth-order valence-electron chi connectivity index (χ4n) is 8.76. The first-order valence-electron chi connectivity index (χ1n) is 16.3. The number of nitrogens with zero attached hydrogens (tertiary/aromatic N) is 2. The Labute approximate surface area is 270 Å². The van der Waals surface area contributed by atoms with Crippen molar-refractivity contribution in [1.82, 2.24) is 9.97 Å². The predicted octanol–water partition coefficient (Wildman–Crippen LogP) is 11.3. The van der Waals surface area contributed by atoms with E-state index in [4.69, 9.17) is 9.97 Å². The van der Waals surface area contributed by atoms with Crippen LogP contribution >= 0.6 is 0 Å². The first-order valence-corrected chi connectivity index (χ1v) is 16.3. The summed E-state index contributed by atoms with van der Waals surface area (Å²) in [5, 5.41) is 2.34. The number of para-hydroxylation sites is 2. The van der Waals surface area contributed by atoms with Gasteiger partial charge in [0.2, 0.25) is 0 Å². The van der Waals surface area contributed by atoms with E-state index in [1.54, 1.807) is 0 Å². The maximum atomic E-state index is 4.78. The lowest BCUT2D eigenvalue weighted by Crippen LogP contribution is -2.24. The van der Waals surface area contributed by atoms with E-state index in [0.717, 1.165) is 11.0 Å². The van der Waals surface area contributed by atoms with Crippen LogP contribution in [0.15, 0.2) is 109 Å². The quantitative estimate of drug-likeness (QED) is 0.200. The highest BCUT2D eigenvalue weighted by molar-refractivity contribution is 5.99. The summed E-state index contributed by atoms with van der Waals surface area (Å²) in [6.07, 6.45) is 3.80. The highest BCUT2D eigenvalue weighted by Gasteiger charge is 2.47. The Balaban J connectivity index is 1.25. The number of hydrogen-bond donors (Lipinski definition) is 0. The van der Waals surface area contributed by atoms with Crippen molar-refractivity contribution in [3.8, 4) is 44.5 Å². The largest absolute Gasteiger partial charge is 0.256 e. The van der Waals surface area contributed by atoms with Crippen molar-refractivity contribution in [3.05, 3.63) is 143 Å². The molecule has 222 valence electrons. The van der Waals surface area contributed by atoms with E-state index in [1.165, 1.54) is 88.7 Å².